The van der Waals surface area contributed by atoms with Crippen LogP contribution in [0.1, 0.15) is 31.4 Å². The molecule has 2 aromatic heterocycles. The van der Waals surface area contributed by atoms with Crippen LogP contribution in [-0.2, 0) is 4.79 Å². The van der Waals surface area contributed by atoms with Crippen molar-refractivity contribution in [2.45, 2.75) is 25.7 Å². The second-order valence-electron chi connectivity index (χ2n) is 5.61. The lowest BCUT2D eigenvalue weighted by atomic mass is 9.94. The zero-order valence-corrected chi connectivity index (χ0v) is 13.6. The number of hydrogen-bond acceptors (Lipinski definition) is 6. The first kappa shape index (κ1) is 15.1. The third-order valence-corrected chi connectivity index (χ3v) is 4.79. The van der Waals surface area contributed by atoms with E-state index < -0.39 is 0 Å². The Labute approximate surface area is 133 Å². The summed E-state index contributed by atoms with van der Waals surface area (Å²) in [7, 11) is 2.15. The predicted molar refractivity (Wildman–Crippen MR) is 86.9 cm³/mol. The molecular weight excluding hydrogens is 298 g/mol. The van der Waals surface area contributed by atoms with E-state index in [4.69, 9.17) is 0 Å². The van der Waals surface area contributed by atoms with Crippen molar-refractivity contribution in [3.8, 4) is 10.6 Å². The van der Waals surface area contributed by atoms with E-state index in [1.807, 2.05) is 6.20 Å². The maximum absolute atomic E-state index is 11.0. The van der Waals surface area contributed by atoms with Crippen molar-refractivity contribution in [2.24, 2.45) is 0 Å². The molecule has 1 aliphatic heterocycles. The Bertz CT molecular complexity index is 646. The number of carbonyl (C=O) groups is 1. The standard InChI is InChI=1S/C15H19N5OS/c1-10(21)19-15-18-9-14(22-15)13-8-16-12(7-17-13)11-3-5-20(2)6-4-11/h7-9,11H,3-6H2,1-2H3,(H,18,19,21). The van der Waals surface area contributed by atoms with Gasteiger partial charge < -0.3 is 10.2 Å². The molecule has 1 amide bonds. The van der Waals surface area contributed by atoms with E-state index in [-0.39, 0.29) is 5.91 Å². The van der Waals surface area contributed by atoms with E-state index in [2.05, 4.69) is 32.2 Å². The third kappa shape index (κ3) is 3.48. The van der Waals surface area contributed by atoms with Gasteiger partial charge >= 0.3 is 0 Å². The molecule has 3 heterocycles. The molecule has 0 atom stereocenters. The van der Waals surface area contributed by atoms with E-state index in [0.717, 1.165) is 42.2 Å². The number of nitrogens with one attached hydrogen (secondary N) is 1. The van der Waals surface area contributed by atoms with Gasteiger partial charge in [-0.05, 0) is 33.0 Å². The largest absolute Gasteiger partial charge is 0.306 e. The molecule has 0 spiro atoms. The second-order valence-corrected chi connectivity index (χ2v) is 6.65. The van der Waals surface area contributed by atoms with Gasteiger partial charge in [-0.15, -0.1) is 0 Å². The highest BCUT2D eigenvalue weighted by atomic mass is 32.1. The van der Waals surface area contributed by atoms with Gasteiger partial charge in [0.1, 0.15) is 5.69 Å². The highest BCUT2D eigenvalue weighted by Gasteiger charge is 2.20. The maximum Gasteiger partial charge on any atom is 0.223 e. The van der Waals surface area contributed by atoms with Crippen molar-refractivity contribution < 1.29 is 4.79 Å². The van der Waals surface area contributed by atoms with Crippen molar-refractivity contribution in [3.63, 3.8) is 0 Å². The van der Waals surface area contributed by atoms with Crippen LogP contribution in [0.25, 0.3) is 10.6 Å². The first-order valence-corrected chi connectivity index (χ1v) is 8.18. The number of likely N-dealkylation sites (tertiary alicyclic amines) is 1. The predicted octanol–water partition coefficient (Wildman–Crippen LogP) is 2.37. The lowest BCUT2D eigenvalue weighted by Crippen LogP contribution is -2.29. The summed E-state index contributed by atoms with van der Waals surface area (Å²) in [6, 6.07) is 0. The Hall–Kier alpha value is -1.86. The molecule has 2 aromatic rings. The van der Waals surface area contributed by atoms with Crippen molar-refractivity contribution in [2.75, 3.05) is 25.5 Å². The van der Waals surface area contributed by atoms with Gasteiger partial charge in [0.2, 0.25) is 5.91 Å². The summed E-state index contributed by atoms with van der Waals surface area (Å²) in [6.07, 6.45) is 7.67. The van der Waals surface area contributed by atoms with Crippen LogP contribution in [-0.4, -0.2) is 45.9 Å². The molecule has 6 nitrogen and oxygen atoms in total. The number of hydrogen-bond donors (Lipinski definition) is 1. The summed E-state index contributed by atoms with van der Waals surface area (Å²) in [5.41, 5.74) is 1.87. The average molecular weight is 317 g/mol. The van der Waals surface area contributed by atoms with E-state index in [1.54, 1.807) is 12.4 Å². The minimum Gasteiger partial charge on any atom is -0.306 e. The fourth-order valence-electron chi connectivity index (χ4n) is 2.58. The molecule has 0 saturated carbocycles. The number of carbonyl (C=O) groups excluding carboxylic acids is 1. The maximum atomic E-state index is 11.0. The van der Waals surface area contributed by atoms with E-state index >= 15 is 0 Å². The number of piperidine rings is 1. The van der Waals surface area contributed by atoms with E-state index in [0.29, 0.717) is 11.0 Å². The normalized spacial score (nSPS) is 16.6. The minimum absolute atomic E-state index is 0.121. The Morgan fingerprint density at radius 2 is 2.00 bits per heavy atom. The first-order valence-electron chi connectivity index (χ1n) is 7.36. The molecule has 0 bridgehead atoms. The molecule has 7 heteroatoms. The molecule has 1 aliphatic rings. The Kier molecular flexibility index (Phi) is 4.44. The summed E-state index contributed by atoms with van der Waals surface area (Å²) in [6.45, 7) is 3.70. The van der Waals surface area contributed by atoms with Gasteiger partial charge in [0.05, 0.1) is 16.8 Å². The quantitative estimate of drug-likeness (QED) is 0.941. The Morgan fingerprint density at radius 1 is 1.23 bits per heavy atom. The average Bonchev–Trinajstić information content (AvgIpc) is 2.96. The fraction of sp³-hybridized carbons (Fsp3) is 0.467. The molecule has 0 aromatic carbocycles. The second kappa shape index (κ2) is 6.50. The van der Waals surface area contributed by atoms with Crippen LogP contribution in [0.15, 0.2) is 18.6 Å². The van der Waals surface area contributed by atoms with E-state index in [9.17, 15) is 4.79 Å². The molecule has 0 aliphatic carbocycles. The monoisotopic (exact) mass is 317 g/mol. The first-order chi connectivity index (χ1) is 10.6. The number of aromatic nitrogens is 3. The topological polar surface area (TPSA) is 71.0 Å². The van der Waals surface area contributed by atoms with Gasteiger partial charge in [-0.25, -0.2) is 4.98 Å². The molecule has 0 unspecified atom stereocenters. The molecule has 1 saturated heterocycles. The van der Waals surface area contributed by atoms with Gasteiger partial charge in [0.25, 0.3) is 0 Å². The zero-order chi connectivity index (χ0) is 15.5. The summed E-state index contributed by atoms with van der Waals surface area (Å²) >= 11 is 1.40. The summed E-state index contributed by atoms with van der Waals surface area (Å²) in [4.78, 5) is 27.5. The minimum atomic E-state index is -0.121. The van der Waals surface area contributed by atoms with Crippen LogP contribution in [0.2, 0.25) is 0 Å². The van der Waals surface area contributed by atoms with Gasteiger partial charge in [-0.3, -0.25) is 14.8 Å². The summed E-state index contributed by atoms with van der Waals surface area (Å²) in [5.74, 6) is 0.388. The number of nitrogens with zero attached hydrogens (tertiary/aromatic N) is 4. The van der Waals surface area contributed by atoms with Gasteiger partial charge in [-0.1, -0.05) is 11.3 Å². The summed E-state index contributed by atoms with van der Waals surface area (Å²) < 4.78 is 0. The van der Waals surface area contributed by atoms with E-state index in [1.165, 1.54) is 18.3 Å². The third-order valence-electron chi connectivity index (χ3n) is 3.85. The molecular formula is C15H19N5OS. The Morgan fingerprint density at radius 3 is 2.64 bits per heavy atom. The lowest BCUT2D eigenvalue weighted by molar-refractivity contribution is -0.114. The number of amides is 1. The summed E-state index contributed by atoms with van der Waals surface area (Å²) in [5, 5.41) is 3.26. The van der Waals surface area contributed by atoms with Crippen LogP contribution in [0.3, 0.4) is 0 Å². The van der Waals surface area contributed by atoms with Gasteiger partial charge in [0.15, 0.2) is 5.13 Å². The molecule has 116 valence electrons. The molecule has 1 fully saturated rings. The molecule has 22 heavy (non-hydrogen) atoms. The van der Waals surface area contributed by atoms with Crippen molar-refractivity contribution >= 4 is 22.4 Å². The zero-order valence-electron chi connectivity index (χ0n) is 12.7. The van der Waals surface area contributed by atoms with Crippen molar-refractivity contribution in [1.29, 1.82) is 0 Å². The van der Waals surface area contributed by atoms with Crippen LogP contribution in [0, 0.1) is 0 Å². The van der Waals surface area contributed by atoms with Crippen LogP contribution >= 0.6 is 11.3 Å². The number of anilines is 1. The van der Waals surface area contributed by atoms with Crippen LogP contribution in [0.4, 0.5) is 5.13 Å². The number of thiazole rings is 1. The highest BCUT2D eigenvalue weighted by Crippen LogP contribution is 2.29. The SMILES string of the molecule is CC(=O)Nc1ncc(-c2cnc(C3CCN(C)CC3)cn2)s1. The Balaban J connectivity index is 1.71. The molecule has 3 rings (SSSR count). The lowest BCUT2D eigenvalue weighted by Gasteiger charge is -2.28. The van der Waals surface area contributed by atoms with Gasteiger partial charge in [0, 0.05) is 25.2 Å². The van der Waals surface area contributed by atoms with Crippen LogP contribution < -0.4 is 5.32 Å². The fourth-order valence-corrected chi connectivity index (χ4v) is 3.41. The highest BCUT2D eigenvalue weighted by molar-refractivity contribution is 7.19. The van der Waals surface area contributed by atoms with Crippen molar-refractivity contribution in [3.05, 3.63) is 24.3 Å². The van der Waals surface area contributed by atoms with Crippen molar-refractivity contribution in [1.82, 2.24) is 19.9 Å². The molecule has 1 N–H and O–H groups in total. The van der Waals surface area contributed by atoms with Gasteiger partial charge in [-0.2, -0.15) is 0 Å². The number of rotatable bonds is 3. The smallest absolute Gasteiger partial charge is 0.223 e. The molecule has 0 radical (unpaired) electrons. The van der Waals surface area contributed by atoms with Crippen LogP contribution in [0.5, 0.6) is 0 Å².